The number of nitrogens with zero attached hydrogens (tertiary/aromatic N) is 1. The summed E-state index contributed by atoms with van der Waals surface area (Å²) in [7, 11) is 1.38. The van der Waals surface area contributed by atoms with Gasteiger partial charge in [0.25, 0.3) is 5.69 Å². The molecule has 0 aliphatic carbocycles. The molecule has 1 fully saturated rings. The maximum Gasteiger partial charge on any atom is 0.319 e. The summed E-state index contributed by atoms with van der Waals surface area (Å²) in [5, 5.41) is 16.0. The second-order valence-corrected chi connectivity index (χ2v) is 4.61. The summed E-state index contributed by atoms with van der Waals surface area (Å²) in [4.78, 5) is 22.0. The van der Waals surface area contributed by atoms with Crippen molar-refractivity contribution in [3.05, 3.63) is 28.3 Å². The minimum Gasteiger partial charge on any atom is -0.494 e. The topological polar surface area (TPSA) is 103 Å². The van der Waals surface area contributed by atoms with Crippen molar-refractivity contribution in [3.63, 3.8) is 0 Å². The molecule has 0 bridgehead atoms. The molecule has 1 atom stereocenters. The quantitative estimate of drug-likeness (QED) is 0.638. The van der Waals surface area contributed by atoms with E-state index in [4.69, 9.17) is 9.47 Å². The molecule has 8 heteroatoms. The fourth-order valence-electron chi connectivity index (χ4n) is 2.08. The fourth-order valence-corrected chi connectivity index (χ4v) is 2.08. The second kappa shape index (κ2) is 6.89. The summed E-state index contributed by atoms with van der Waals surface area (Å²) in [6.45, 7) is 1.16. The highest BCUT2D eigenvalue weighted by molar-refractivity contribution is 5.91. The van der Waals surface area contributed by atoms with Crippen LogP contribution in [0.15, 0.2) is 18.2 Å². The van der Waals surface area contributed by atoms with Crippen LogP contribution < -0.4 is 15.4 Å². The monoisotopic (exact) mass is 295 g/mol. The van der Waals surface area contributed by atoms with Crippen molar-refractivity contribution in [3.8, 4) is 5.75 Å². The Kier molecular flexibility index (Phi) is 4.94. The molecular weight excluding hydrogens is 278 g/mol. The highest BCUT2D eigenvalue weighted by Crippen LogP contribution is 2.28. The number of ether oxygens (including phenoxy) is 2. The van der Waals surface area contributed by atoms with Crippen LogP contribution in [-0.4, -0.2) is 37.3 Å². The number of nitrogens with one attached hydrogen (secondary N) is 2. The third-order valence-corrected chi connectivity index (χ3v) is 3.16. The van der Waals surface area contributed by atoms with Crippen molar-refractivity contribution >= 4 is 17.4 Å². The first-order valence-electron chi connectivity index (χ1n) is 6.59. The van der Waals surface area contributed by atoms with Gasteiger partial charge >= 0.3 is 6.03 Å². The van der Waals surface area contributed by atoms with Gasteiger partial charge in [-0.2, -0.15) is 0 Å². The number of carbonyl (C=O) groups is 1. The number of benzene rings is 1. The lowest BCUT2D eigenvalue weighted by Crippen LogP contribution is -2.35. The van der Waals surface area contributed by atoms with Gasteiger partial charge in [-0.3, -0.25) is 10.1 Å². The number of methoxy groups -OCH3 is 1. The average molecular weight is 295 g/mol. The van der Waals surface area contributed by atoms with Crippen LogP contribution in [-0.2, 0) is 4.74 Å². The Balaban J connectivity index is 1.94. The fraction of sp³-hybridized carbons (Fsp3) is 0.462. The number of hydrogen-bond donors (Lipinski definition) is 2. The van der Waals surface area contributed by atoms with E-state index in [1.807, 2.05) is 0 Å². The van der Waals surface area contributed by atoms with Gasteiger partial charge in [0.05, 0.1) is 29.9 Å². The average Bonchev–Trinajstić information content (AvgIpc) is 2.98. The van der Waals surface area contributed by atoms with Gasteiger partial charge in [-0.15, -0.1) is 0 Å². The number of urea groups is 1. The molecule has 0 unspecified atom stereocenters. The number of nitro groups is 1. The molecule has 2 rings (SSSR count). The third-order valence-electron chi connectivity index (χ3n) is 3.16. The molecule has 21 heavy (non-hydrogen) atoms. The molecule has 1 aliphatic heterocycles. The second-order valence-electron chi connectivity index (χ2n) is 4.61. The maximum atomic E-state index is 11.8. The van der Waals surface area contributed by atoms with Gasteiger partial charge in [0, 0.05) is 19.2 Å². The number of amides is 2. The van der Waals surface area contributed by atoms with E-state index in [0.29, 0.717) is 12.2 Å². The smallest absolute Gasteiger partial charge is 0.319 e. The number of anilines is 1. The number of rotatable bonds is 5. The van der Waals surface area contributed by atoms with Crippen LogP contribution in [0.25, 0.3) is 0 Å². The Morgan fingerprint density at radius 3 is 3.00 bits per heavy atom. The summed E-state index contributed by atoms with van der Waals surface area (Å²) >= 11 is 0. The van der Waals surface area contributed by atoms with Crippen LogP contribution >= 0.6 is 0 Å². The predicted octanol–water partition coefficient (Wildman–Crippen LogP) is 1.90. The molecule has 2 amide bonds. The van der Waals surface area contributed by atoms with Crippen LogP contribution in [0.3, 0.4) is 0 Å². The highest BCUT2D eigenvalue weighted by atomic mass is 16.6. The summed E-state index contributed by atoms with van der Waals surface area (Å²) < 4.78 is 10.4. The van der Waals surface area contributed by atoms with Gasteiger partial charge in [-0.25, -0.2) is 4.79 Å². The summed E-state index contributed by atoms with van der Waals surface area (Å²) in [5.41, 5.74) is 0.269. The first kappa shape index (κ1) is 15.0. The van der Waals surface area contributed by atoms with Crippen LogP contribution in [0.1, 0.15) is 12.8 Å². The van der Waals surface area contributed by atoms with Gasteiger partial charge in [0.2, 0.25) is 0 Å². The Labute approximate surface area is 121 Å². The van der Waals surface area contributed by atoms with Gasteiger partial charge < -0.3 is 20.1 Å². The van der Waals surface area contributed by atoms with Crippen LogP contribution in [0.2, 0.25) is 0 Å². The largest absolute Gasteiger partial charge is 0.494 e. The Hall–Kier alpha value is -2.35. The van der Waals surface area contributed by atoms with Gasteiger partial charge in [0.1, 0.15) is 5.75 Å². The van der Waals surface area contributed by atoms with Crippen LogP contribution in [0.5, 0.6) is 5.75 Å². The molecule has 0 saturated carbocycles. The minimum absolute atomic E-state index is 0.0505. The van der Waals surface area contributed by atoms with E-state index >= 15 is 0 Å². The van der Waals surface area contributed by atoms with Gasteiger partial charge in [0.15, 0.2) is 0 Å². The van der Waals surface area contributed by atoms with E-state index in [-0.39, 0.29) is 17.5 Å². The SMILES string of the molecule is COc1cc([N+](=O)[O-])ccc1NC(=O)NC[C@H]1CCCO1. The first-order chi connectivity index (χ1) is 10.1. The zero-order valence-electron chi connectivity index (χ0n) is 11.6. The Bertz CT molecular complexity index is 529. The van der Waals surface area contributed by atoms with Crippen molar-refractivity contribution in [2.75, 3.05) is 25.6 Å². The normalized spacial score (nSPS) is 17.3. The lowest BCUT2D eigenvalue weighted by atomic mass is 10.2. The first-order valence-corrected chi connectivity index (χ1v) is 6.59. The van der Waals surface area contributed by atoms with Gasteiger partial charge in [-0.1, -0.05) is 0 Å². The number of carbonyl (C=O) groups excluding carboxylic acids is 1. The molecule has 1 aliphatic rings. The molecule has 0 aromatic heterocycles. The zero-order chi connectivity index (χ0) is 15.2. The van der Waals surface area contributed by atoms with E-state index in [9.17, 15) is 14.9 Å². The molecule has 0 radical (unpaired) electrons. The Morgan fingerprint density at radius 1 is 1.57 bits per heavy atom. The van der Waals surface area contributed by atoms with E-state index in [1.165, 1.54) is 25.3 Å². The Morgan fingerprint density at radius 2 is 2.38 bits per heavy atom. The number of nitro benzene ring substituents is 1. The molecule has 8 nitrogen and oxygen atoms in total. The van der Waals surface area contributed by atoms with E-state index in [0.717, 1.165) is 19.4 Å². The summed E-state index contributed by atoms with van der Waals surface area (Å²) in [6, 6.07) is 3.59. The van der Waals surface area contributed by atoms with Crippen molar-refractivity contribution in [1.29, 1.82) is 0 Å². The number of non-ortho nitro benzene ring substituents is 1. The molecule has 0 spiro atoms. The van der Waals surface area contributed by atoms with Crippen molar-refractivity contribution < 1.29 is 19.2 Å². The molecule has 1 aromatic rings. The molecule has 1 aromatic carbocycles. The van der Waals surface area contributed by atoms with Crippen LogP contribution in [0, 0.1) is 10.1 Å². The standard InChI is InChI=1S/C13H17N3O5/c1-20-12-7-9(16(18)19)4-5-11(12)15-13(17)14-8-10-3-2-6-21-10/h4-5,7,10H,2-3,6,8H2,1H3,(H2,14,15,17)/t10-/m1/s1. The lowest BCUT2D eigenvalue weighted by molar-refractivity contribution is -0.384. The van der Waals surface area contributed by atoms with Crippen molar-refractivity contribution in [1.82, 2.24) is 5.32 Å². The maximum absolute atomic E-state index is 11.8. The molecule has 1 saturated heterocycles. The van der Waals surface area contributed by atoms with E-state index in [2.05, 4.69) is 10.6 Å². The molecule has 114 valence electrons. The van der Waals surface area contributed by atoms with E-state index in [1.54, 1.807) is 0 Å². The summed E-state index contributed by atoms with van der Waals surface area (Å²) in [6.07, 6.45) is 1.99. The summed E-state index contributed by atoms with van der Waals surface area (Å²) in [5.74, 6) is 0.233. The van der Waals surface area contributed by atoms with Crippen LogP contribution in [0.4, 0.5) is 16.2 Å². The van der Waals surface area contributed by atoms with Crippen molar-refractivity contribution in [2.24, 2.45) is 0 Å². The minimum atomic E-state index is -0.524. The van der Waals surface area contributed by atoms with E-state index < -0.39 is 11.0 Å². The predicted molar refractivity (Wildman–Crippen MR) is 75.6 cm³/mol. The highest BCUT2D eigenvalue weighted by Gasteiger charge is 2.17. The zero-order valence-corrected chi connectivity index (χ0v) is 11.6. The van der Waals surface area contributed by atoms with Crippen molar-refractivity contribution in [2.45, 2.75) is 18.9 Å². The molecular formula is C13H17N3O5. The molecule has 1 heterocycles. The number of hydrogen-bond acceptors (Lipinski definition) is 5. The third kappa shape index (κ3) is 4.06. The lowest BCUT2D eigenvalue weighted by Gasteiger charge is -2.13. The van der Waals surface area contributed by atoms with Gasteiger partial charge in [-0.05, 0) is 18.9 Å². The molecule has 2 N–H and O–H groups in total.